The number of unbranched alkanes of at least 4 members (excludes halogenated alkanes) is 1. The van der Waals surface area contributed by atoms with Gasteiger partial charge in [-0.25, -0.2) is 4.79 Å². The Hall–Kier alpha value is -2.77. The molecule has 182 valence electrons. The van der Waals surface area contributed by atoms with Gasteiger partial charge < -0.3 is 42.3 Å². The van der Waals surface area contributed by atoms with Crippen molar-refractivity contribution in [2.45, 2.75) is 75.7 Å². The average molecular weight is 460 g/mol. The van der Waals surface area contributed by atoms with Crippen molar-refractivity contribution in [3.63, 3.8) is 0 Å². The monoisotopic (exact) mass is 459 g/mol. The number of carboxylic acids is 2. The van der Waals surface area contributed by atoms with E-state index in [9.17, 15) is 29.1 Å². The number of aliphatic carboxylic acids is 2. The summed E-state index contributed by atoms with van der Waals surface area (Å²) in [6.07, 6.45) is 0.0948. The number of rotatable bonds is 13. The molecule has 0 aromatic heterocycles. The Morgan fingerprint density at radius 2 is 1.78 bits per heavy atom. The van der Waals surface area contributed by atoms with Crippen molar-refractivity contribution in [2.75, 3.05) is 13.1 Å². The van der Waals surface area contributed by atoms with Gasteiger partial charge in [0, 0.05) is 6.54 Å². The molecule has 0 radical (unpaired) electrons. The molecule has 0 aromatic rings. The highest BCUT2D eigenvalue weighted by Gasteiger charge is 2.39. The number of carboxylic acid groups (broad SMARTS) is 2. The third kappa shape index (κ3) is 8.05. The number of hydrogen-bond acceptors (Lipinski definition) is 8. The van der Waals surface area contributed by atoms with Crippen LogP contribution >= 0.6 is 0 Å². The molecule has 1 fully saturated rings. The van der Waals surface area contributed by atoms with Crippen LogP contribution in [0.4, 0.5) is 0 Å². The van der Waals surface area contributed by atoms with Gasteiger partial charge in [0.05, 0.1) is 18.6 Å². The van der Waals surface area contributed by atoms with Crippen LogP contribution in [0.15, 0.2) is 0 Å². The molecule has 32 heavy (non-hydrogen) atoms. The van der Waals surface area contributed by atoms with Crippen molar-refractivity contribution in [2.24, 2.45) is 11.5 Å². The summed E-state index contributed by atoms with van der Waals surface area (Å²) in [6, 6.07) is -4.90. The summed E-state index contributed by atoms with van der Waals surface area (Å²) in [6.45, 7) is 1.81. The van der Waals surface area contributed by atoms with Crippen LogP contribution in [0, 0.1) is 0 Å². The molecule has 5 atom stereocenters. The summed E-state index contributed by atoms with van der Waals surface area (Å²) in [5.74, 6) is -4.76. The molecule has 0 saturated carbocycles. The first-order valence-electron chi connectivity index (χ1n) is 10.5. The van der Waals surface area contributed by atoms with Gasteiger partial charge in [-0.1, -0.05) is 0 Å². The van der Waals surface area contributed by atoms with Crippen molar-refractivity contribution >= 4 is 29.7 Å². The number of likely N-dealkylation sites (tertiary alicyclic amines) is 1. The standard InChI is InChI=1S/C19H33N5O8/c1-10(25)15(19(31)32)23-17(29)13-6-4-8-24(13)18(30)12(5-2-3-7-20)22-16(28)11(21)9-14(26)27/h10-13,15,25H,2-9,20-21H2,1H3,(H,22,28)(H,23,29)(H,26,27)(H,31,32). The van der Waals surface area contributed by atoms with Crippen LogP contribution in [-0.4, -0.2) is 93.2 Å². The van der Waals surface area contributed by atoms with Crippen molar-refractivity contribution in [1.29, 1.82) is 0 Å². The zero-order valence-electron chi connectivity index (χ0n) is 18.0. The number of carbonyl (C=O) groups is 5. The van der Waals surface area contributed by atoms with Gasteiger partial charge in [-0.15, -0.1) is 0 Å². The largest absolute Gasteiger partial charge is 0.481 e. The van der Waals surface area contributed by atoms with E-state index in [1.807, 2.05) is 0 Å². The van der Waals surface area contributed by atoms with Gasteiger partial charge in [0.1, 0.15) is 12.1 Å². The van der Waals surface area contributed by atoms with Gasteiger partial charge in [0.25, 0.3) is 0 Å². The molecule has 1 aliphatic heterocycles. The first-order chi connectivity index (χ1) is 15.0. The molecule has 1 aliphatic rings. The first-order valence-corrected chi connectivity index (χ1v) is 10.5. The fourth-order valence-corrected chi connectivity index (χ4v) is 3.45. The maximum atomic E-state index is 13.2. The highest BCUT2D eigenvalue weighted by atomic mass is 16.4. The second-order valence-corrected chi connectivity index (χ2v) is 7.80. The van der Waals surface area contributed by atoms with Gasteiger partial charge in [0.15, 0.2) is 6.04 Å². The van der Waals surface area contributed by atoms with Crippen LogP contribution in [0.3, 0.4) is 0 Å². The van der Waals surface area contributed by atoms with E-state index in [1.165, 1.54) is 11.8 Å². The maximum absolute atomic E-state index is 13.2. The number of carbonyl (C=O) groups excluding carboxylic acids is 3. The van der Waals surface area contributed by atoms with Crippen LogP contribution in [0.1, 0.15) is 45.4 Å². The Bertz CT molecular complexity index is 701. The van der Waals surface area contributed by atoms with E-state index >= 15 is 0 Å². The Labute approximate surface area is 185 Å². The summed E-state index contributed by atoms with van der Waals surface area (Å²) in [4.78, 5) is 61.4. The van der Waals surface area contributed by atoms with E-state index in [0.717, 1.165) is 0 Å². The quantitative estimate of drug-likeness (QED) is 0.141. The molecule has 1 saturated heterocycles. The van der Waals surface area contributed by atoms with Crippen molar-refractivity contribution in [1.82, 2.24) is 15.5 Å². The van der Waals surface area contributed by atoms with Gasteiger partial charge in [0.2, 0.25) is 17.7 Å². The predicted molar refractivity (Wildman–Crippen MR) is 111 cm³/mol. The third-order valence-corrected chi connectivity index (χ3v) is 5.18. The molecule has 5 unspecified atom stereocenters. The van der Waals surface area contributed by atoms with E-state index < -0.39 is 66.4 Å². The smallest absolute Gasteiger partial charge is 0.328 e. The third-order valence-electron chi connectivity index (χ3n) is 5.18. The molecular weight excluding hydrogens is 426 g/mol. The van der Waals surface area contributed by atoms with Gasteiger partial charge in [-0.2, -0.15) is 0 Å². The molecule has 13 heteroatoms. The summed E-state index contributed by atoms with van der Waals surface area (Å²) in [5, 5.41) is 32.3. The maximum Gasteiger partial charge on any atom is 0.328 e. The Morgan fingerprint density at radius 1 is 1.12 bits per heavy atom. The van der Waals surface area contributed by atoms with Crippen LogP contribution in [0.5, 0.6) is 0 Å². The molecule has 0 spiro atoms. The number of amides is 3. The normalized spacial score (nSPS) is 19.5. The lowest BCUT2D eigenvalue weighted by Crippen LogP contribution is -2.58. The van der Waals surface area contributed by atoms with Crippen LogP contribution in [0.2, 0.25) is 0 Å². The van der Waals surface area contributed by atoms with Gasteiger partial charge in [-0.05, 0) is 45.6 Å². The minimum Gasteiger partial charge on any atom is -0.481 e. The van der Waals surface area contributed by atoms with E-state index in [-0.39, 0.29) is 19.4 Å². The molecule has 9 N–H and O–H groups in total. The van der Waals surface area contributed by atoms with Crippen molar-refractivity contribution in [3.8, 4) is 0 Å². The number of nitrogens with one attached hydrogen (secondary N) is 2. The summed E-state index contributed by atoms with van der Waals surface area (Å²) in [7, 11) is 0. The first kappa shape index (κ1) is 27.3. The minimum atomic E-state index is -1.53. The van der Waals surface area contributed by atoms with Crippen LogP contribution < -0.4 is 22.1 Å². The van der Waals surface area contributed by atoms with E-state index in [1.54, 1.807) is 0 Å². The highest BCUT2D eigenvalue weighted by Crippen LogP contribution is 2.20. The van der Waals surface area contributed by atoms with E-state index in [4.69, 9.17) is 21.7 Å². The van der Waals surface area contributed by atoms with Crippen molar-refractivity contribution < 1.29 is 39.3 Å². The zero-order chi connectivity index (χ0) is 24.4. The fraction of sp³-hybridized carbons (Fsp3) is 0.737. The second kappa shape index (κ2) is 12.9. The topological polar surface area (TPSA) is 225 Å². The van der Waals surface area contributed by atoms with Crippen molar-refractivity contribution in [3.05, 3.63) is 0 Å². The number of nitrogens with two attached hydrogens (primary N) is 2. The fourth-order valence-electron chi connectivity index (χ4n) is 3.45. The molecular formula is C19H33N5O8. The molecule has 1 heterocycles. The second-order valence-electron chi connectivity index (χ2n) is 7.80. The Balaban J connectivity index is 2.95. The minimum absolute atomic E-state index is 0.206. The Morgan fingerprint density at radius 3 is 2.31 bits per heavy atom. The van der Waals surface area contributed by atoms with Crippen LogP contribution in [0.25, 0.3) is 0 Å². The number of aliphatic hydroxyl groups excluding tert-OH is 1. The summed E-state index contributed by atoms with van der Waals surface area (Å²) < 4.78 is 0. The lowest BCUT2D eigenvalue weighted by atomic mass is 10.1. The highest BCUT2D eigenvalue weighted by molar-refractivity contribution is 5.95. The molecule has 0 aromatic carbocycles. The lowest BCUT2D eigenvalue weighted by molar-refractivity contribution is -0.147. The summed E-state index contributed by atoms with van der Waals surface area (Å²) >= 11 is 0. The Kier molecular flexibility index (Phi) is 11.0. The number of hydrogen-bond donors (Lipinski definition) is 7. The molecule has 0 aliphatic carbocycles. The molecule has 13 nitrogen and oxygen atoms in total. The molecule has 3 amide bonds. The van der Waals surface area contributed by atoms with E-state index in [2.05, 4.69) is 10.6 Å². The lowest BCUT2D eigenvalue weighted by Gasteiger charge is -2.30. The van der Waals surface area contributed by atoms with Gasteiger partial charge in [-0.3, -0.25) is 19.2 Å². The number of aliphatic hydroxyl groups is 1. The predicted octanol–water partition coefficient (Wildman–Crippen LogP) is -2.66. The van der Waals surface area contributed by atoms with Gasteiger partial charge >= 0.3 is 11.9 Å². The van der Waals surface area contributed by atoms with E-state index in [0.29, 0.717) is 25.8 Å². The summed E-state index contributed by atoms with van der Waals surface area (Å²) in [5.41, 5.74) is 11.1. The molecule has 0 bridgehead atoms. The average Bonchev–Trinajstić information content (AvgIpc) is 3.19. The SMILES string of the molecule is CC(O)C(NC(=O)C1CCCN1C(=O)C(CCCCN)NC(=O)C(N)CC(=O)O)C(=O)O. The van der Waals surface area contributed by atoms with Crippen LogP contribution in [-0.2, 0) is 24.0 Å². The molecule has 1 rings (SSSR count). The number of nitrogens with zero attached hydrogens (tertiary/aromatic N) is 1. The zero-order valence-corrected chi connectivity index (χ0v) is 18.0.